The van der Waals surface area contributed by atoms with Crippen molar-refractivity contribution in [1.29, 1.82) is 0 Å². The monoisotopic (exact) mass is 279 g/mol. The molecule has 20 heavy (non-hydrogen) atoms. The van der Waals surface area contributed by atoms with E-state index in [-0.39, 0.29) is 17.7 Å². The van der Waals surface area contributed by atoms with E-state index in [2.05, 4.69) is 10.3 Å². The van der Waals surface area contributed by atoms with Gasteiger partial charge >= 0.3 is 12.0 Å². The smallest absolute Gasteiger partial charge is 0.337 e. The van der Waals surface area contributed by atoms with Gasteiger partial charge in [-0.15, -0.1) is 0 Å². The number of pyridine rings is 1. The van der Waals surface area contributed by atoms with Crippen molar-refractivity contribution in [3.05, 3.63) is 24.0 Å². The number of anilines is 1. The molecule has 1 fully saturated rings. The fourth-order valence-electron chi connectivity index (χ4n) is 2.12. The fraction of sp³-hybridized carbons (Fsp3) is 0.462. The maximum absolute atomic E-state index is 12.0. The molecule has 1 saturated heterocycles. The van der Waals surface area contributed by atoms with Crippen molar-refractivity contribution in [3.63, 3.8) is 0 Å². The largest absolute Gasteiger partial charge is 0.478 e. The molecule has 0 aromatic carbocycles. The van der Waals surface area contributed by atoms with Crippen LogP contribution in [0, 0.1) is 0 Å². The van der Waals surface area contributed by atoms with Gasteiger partial charge in [0.15, 0.2) is 0 Å². The number of nitrogens with zero attached hydrogens (tertiary/aromatic N) is 2. The number of piperidine rings is 1. The van der Waals surface area contributed by atoms with Gasteiger partial charge in [0.05, 0.1) is 23.6 Å². The van der Waals surface area contributed by atoms with Crippen LogP contribution in [0.3, 0.4) is 0 Å². The molecule has 2 rings (SSSR count). The number of carboxylic acids is 1. The molecule has 0 spiro atoms. The van der Waals surface area contributed by atoms with Crippen molar-refractivity contribution < 1.29 is 19.4 Å². The molecule has 1 aromatic heterocycles. The predicted molar refractivity (Wildman–Crippen MR) is 71.8 cm³/mol. The molecule has 0 radical (unpaired) electrons. The Kier molecular flexibility index (Phi) is 4.52. The number of methoxy groups -OCH3 is 1. The predicted octanol–water partition coefficient (Wildman–Crippen LogP) is 1.42. The first-order chi connectivity index (χ1) is 9.60. The Morgan fingerprint density at radius 3 is 2.70 bits per heavy atom. The van der Waals surface area contributed by atoms with Gasteiger partial charge in [0.25, 0.3) is 0 Å². The Balaban J connectivity index is 1.95. The average molecular weight is 279 g/mol. The Hall–Kier alpha value is -2.15. The highest BCUT2D eigenvalue weighted by Gasteiger charge is 2.22. The number of nitrogens with one attached hydrogen (secondary N) is 1. The summed E-state index contributed by atoms with van der Waals surface area (Å²) in [6.07, 6.45) is 4.47. The molecule has 2 amide bonds. The van der Waals surface area contributed by atoms with Crippen LogP contribution in [0.25, 0.3) is 0 Å². The van der Waals surface area contributed by atoms with E-state index in [1.165, 1.54) is 18.5 Å². The molecule has 0 aliphatic carbocycles. The van der Waals surface area contributed by atoms with Crippen molar-refractivity contribution in [1.82, 2.24) is 9.88 Å². The Morgan fingerprint density at radius 2 is 2.10 bits per heavy atom. The number of likely N-dealkylation sites (tertiary alicyclic amines) is 1. The Morgan fingerprint density at radius 1 is 1.40 bits per heavy atom. The van der Waals surface area contributed by atoms with Gasteiger partial charge in [-0.25, -0.2) is 9.59 Å². The van der Waals surface area contributed by atoms with Gasteiger partial charge in [0.1, 0.15) is 0 Å². The summed E-state index contributed by atoms with van der Waals surface area (Å²) >= 11 is 0. The normalized spacial score (nSPS) is 15.9. The van der Waals surface area contributed by atoms with Gasteiger partial charge in [-0.3, -0.25) is 4.98 Å². The second-order valence-electron chi connectivity index (χ2n) is 4.62. The number of hydrogen-bond donors (Lipinski definition) is 2. The van der Waals surface area contributed by atoms with Crippen molar-refractivity contribution in [3.8, 4) is 0 Å². The van der Waals surface area contributed by atoms with Gasteiger partial charge < -0.3 is 20.1 Å². The highest BCUT2D eigenvalue weighted by Crippen LogP contribution is 2.15. The first kappa shape index (κ1) is 14.3. The lowest BCUT2D eigenvalue weighted by molar-refractivity contribution is 0.0521. The molecule has 7 heteroatoms. The maximum Gasteiger partial charge on any atom is 0.337 e. The van der Waals surface area contributed by atoms with Crippen LogP contribution in [0.4, 0.5) is 10.5 Å². The lowest BCUT2D eigenvalue weighted by atomic mass is 10.1. The maximum atomic E-state index is 12.0. The van der Waals surface area contributed by atoms with Crippen LogP contribution in [-0.4, -0.2) is 53.3 Å². The van der Waals surface area contributed by atoms with E-state index in [1.54, 1.807) is 12.0 Å². The number of aromatic nitrogens is 1. The van der Waals surface area contributed by atoms with E-state index in [1.807, 2.05) is 0 Å². The van der Waals surface area contributed by atoms with Crippen LogP contribution in [0.1, 0.15) is 23.2 Å². The van der Waals surface area contributed by atoms with Crippen LogP contribution in [0.5, 0.6) is 0 Å². The van der Waals surface area contributed by atoms with Gasteiger partial charge in [-0.2, -0.15) is 0 Å². The SMILES string of the molecule is COC1CCN(C(=O)Nc2cncc(C(=O)O)c2)CC1. The van der Waals surface area contributed by atoms with E-state index in [0.29, 0.717) is 18.8 Å². The molecular formula is C13H17N3O4. The number of hydrogen-bond acceptors (Lipinski definition) is 4. The fourth-order valence-corrected chi connectivity index (χ4v) is 2.12. The van der Waals surface area contributed by atoms with E-state index < -0.39 is 5.97 Å². The highest BCUT2D eigenvalue weighted by molar-refractivity contribution is 5.92. The second-order valence-corrected chi connectivity index (χ2v) is 4.62. The third-order valence-electron chi connectivity index (χ3n) is 3.30. The van der Waals surface area contributed by atoms with Crippen LogP contribution in [0.15, 0.2) is 18.5 Å². The Bertz CT molecular complexity index is 498. The van der Waals surface area contributed by atoms with Crippen LogP contribution >= 0.6 is 0 Å². The minimum Gasteiger partial charge on any atom is -0.478 e. The molecule has 0 bridgehead atoms. The molecule has 1 aromatic rings. The summed E-state index contributed by atoms with van der Waals surface area (Å²) in [6, 6.07) is 1.14. The summed E-state index contributed by atoms with van der Waals surface area (Å²) < 4.78 is 5.25. The van der Waals surface area contributed by atoms with E-state index >= 15 is 0 Å². The zero-order valence-electron chi connectivity index (χ0n) is 11.2. The second kappa shape index (κ2) is 6.33. The van der Waals surface area contributed by atoms with Gasteiger partial charge in [0, 0.05) is 26.4 Å². The van der Waals surface area contributed by atoms with Crippen molar-refractivity contribution in [2.45, 2.75) is 18.9 Å². The average Bonchev–Trinajstić information content (AvgIpc) is 2.47. The van der Waals surface area contributed by atoms with E-state index in [0.717, 1.165) is 12.8 Å². The summed E-state index contributed by atoms with van der Waals surface area (Å²) in [5.74, 6) is -1.07. The lowest BCUT2D eigenvalue weighted by Crippen LogP contribution is -2.42. The van der Waals surface area contributed by atoms with Crippen molar-refractivity contribution >= 4 is 17.7 Å². The summed E-state index contributed by atoms with van der Waals surface area (Å²) in [5.41, 5.74) is 0.421. The number of carbonyl (C=O) groups is 2. The molecule has 1 aliphatic rings. The van der Waals surface area contributed by atoms with Crippen molar-refractivity contribution in [2.24, 2.45) is 0 Å². The summed E-state index contributed by atoms with van der Waals surface area (Å²) in [4.78, 5) is 28.4. The van der Waals surface area contributed by atoms with Crippen LogP contribution in [0.2, 0.25) is 0 Å². The number of rotatable bonds is 3. The first-order valence-electron chi connectivity index (χ1n) is 6.37. The molecule has 0 atom stereocenters. The third-order valence-corrected chi connectivity index (χ3v) is 3.30. The number of aromatic carboxylic acids is 1. The summed E-state index contributed by atoms with van der Waals surface area (Å²) in [6.45, 7) is 1.24. The molecule has 1 aliphatic heterocycles. The number of ether oxygens (including phenoxy) is 1. The molecular weight excluding hydrogens is 262 g/mol. The summed E-state index contributed by atoms with van der Waals surface area (Å²) in [5, 5.41) is 11.5. The molecule has 108 valence electrons. The molecule has 2 N–H and O–H groups in total. The molecule has 0 unspecified atom stereocenters. The zero-order chi connectivity index (χ0) is 14.5. The molecule has 7 nitrogen and oxygen atoms in total. The molecule has 2 heterocycles. The Labute approximate surface area is 116 Å². The van der Waals surface area contributed by atoms with Crippen LogP contribution < -0.4 is 5.32 Å². The van der Waals surface area contributed by atoms with Gasteiger partial charge in [-0.1, -0.05) is 0 Å². The lowest BCUT2D eigenvalue weighted by Gasteiger charge is -2.31. The minimum atomic E-state index is -1.07. The van der Waals surface area contributed by atoms with Crippen LogP contribution in [-0.2, 0) is 4.74 Å². The topological polar surface area (TPSA) is 91.8 Å². The first-order valence-corrected chi connectivity index (χ1v) is 6.37. The zero-order valence-corrected chi connectivity index (χ0v) is 11.2. The summed E-state index contributed by atoms with van der Waals surface area (Å²) in [7, 11) is 1.67. The number of amides is 2. The van der Waals surface area contributed by atoms with Gasteiger partial charge in [0.2, 0.25) is 0 Å². The molecule has 0 saturated carbocycles. The van der Waals surface area contributed by atoms with E-state index in [4.69, 9.17) is 9.84 Å². The minimum absolute atomic E-state index is 0.0425. The standard InChI is InChI=1S/C13H17N3O4/c1-20-11-2-4-16(5-3-11)13(19)15-10-6-9(12(17)18)7-14-8-10/h6-8,11H,2-5H2,1H3,(H,15,19)(H,17,18). The quantitative estimate of drug-likeness (QED) is 0.873. The highest BCUT2D eigenvalue weighted by atomic mass is 16.5. The van der Waals surface area contributed by atoms with Crippen molar-refractivity contribution in [2.75, 3.05) is 25.5 Å². The third kappa shape index (κ3) is 3.45. The van der Waals surface area contributed by atoms with E-state index in [9.17, 15) is 9.59 Å². The van der Waals surface area contributed by atoms with Gasteiger partial charge in [-0.05, 0) is 18.9 Å². The number of carbonyl (C=O) groups excluding carboxylic acids is 1. The number of carboxylic acid groups (broad SMARTS) is 1. The number of urea groups is 1.